The minimum atomic E-state index is -3.88. The zero-order valence-electron chi connectivity index (χ0n) is 18.1. The number of nitrogens with one attached hydrogen (secondary N) is 1. The topological polar surface area (TPSA) is 66.5 Å². The van der Waals surface area contributed by atoms with Gasteiger partial charge < -0.3 is 5.32 Å². The Morgan fingerprint density at radius 2 is 1.81 bits per heavy atom. The number of para-hydroxylation sites is 1. The lowest BCUT2D eigenvalue weighted by Gasteiger charge is -2.28. The van der Waals surface area contributed by atoms with E-state index in [1.165, 1.54) is 10.4 Å². The van der Waals surface area contributed by atoms with Crippen molar-refractivity contribution in [2.45, 2.75) is 38.1 Å². The number of nitrogens with zero attached hydrogens (tertiary/aromatic N) is 1. The van der Waals surface area contributed by atoms with Crippen LogP contribution in [-0.4, -0.2) is 25.2 Å². The summed E-state index contributed by atoms with van der Waals surface area (Å²) in [5, 5.41) is 2.77. The summed E-state index contributed by atoms with van der Waals surface area (Å²) in [6.45, 7) is 4.41. The highest BCUT2D eigenvalue weighted by Crippen LogP contribution is 2.27. The number of amides is 1. The number of benzene rings is 3. The molecular formula is C25H25FN2O3S. The van der Waals surface area contributed by atoms with Crippen molar-refractivity contribution >= 4 is 21.6 Å². The lowest BCUT2D eigenvalue weighted by molar-refractivity contribution is 0.102. The molecule has 1 N–H and O–H groups in total. The average Bonchev–Trinajstić information content (AvgIpc) is 2.80. The molecule has 0 radical (unpaired) electrons. The molecule has 0 saturated heterocycles. The van der Waals surface area contributed by atoms with Gasteiger partial charge in [0.25, 0.3) is 5.91 Å². The molecule has 0 spiro atoms. The number of rotatable bonds is 5. The molecule has 7 heteroatoms. The number of sulfonamides is 1. The number of halogens is 1. The molecule has 3 aromatic carbocycles. The highest BCUT2D eigenvalue weighted by molar-refractivity contribution is 7.89. The first kappa shape index (κ1) is 22.2. The van der Waals surface area contributed by atoms with Gasteiger partial charge in [-0.05, 0) is 60.2 Å². The van der Waals surface area contributed by atoms with Crippen molar-refractivity contribution in [1.82, 2.24) is 4.31 Å². The van der Waals surface area contributed by atoms with E-state index in [1.54, 1.807) is 0 Å². The van der Waals surface area contributed by atoms with Gasteiger partial charge in [0.15, 0.2) is 0 Å². The number of anilines is 1. The molecule has 0 fully saturated rings. The molecule has 166 valence electrons. The third-order valence-electron chi connectivity index (χ3n) is 5.89. The number of aryl methyl sites for hydroxylation is 2. The predicted octanol–water partition coefficient (Wildman–Crippen LogP) is 4.70. The zero-order chi connectivity index (χ0) is 22.9. The maximum absolute atomic E-state index is 14.6. The summed E-state index contributed by atoms with van der Waals surface area (Å²) in [6, 6.07) is 16.8. The summed E-state index contributed by atoms with van der Waals surface area (Å²) in [5.41, 5.74) is 4.19. The average molecular weight is 453 g/mol. The van der Waals surface area contributed by atoms with Crippen molar-refractivity contribution < 1.29 is 17.6 Å². The number of hydrogen-bond donors (Lipinski definition) is 1. The molecular weight excluding hydrogens is 427 g/mol. The summed E-state index contributed by atoms with van der Waals surface area (Å²) >= 11 is 0. The molecule has 0 saturated carbocycles. The molecule has 1 aliphatic heterocycles. The molecule has 1 amide bonds. The highest BCUT2D eigenvalue weighted by Gasteiger charge is 2.29. The maximum atomic E-state index is 14.6. The van der Waals surface area contributed by atoms with Gasteiger partial charge in [0.2, 0.25) is 10.0 Å². The molecule has 0 atom stereocenters. The van der Waals surface area contributed by atoms with Crippen LogP contribution in [0.5, 0.6) is 0 Å². The van der Waals surface area contributed by atoms with Gasteiger partial charge in [-0.2, -0.15) is 4.31 Å². The van der Waals surface area contributed by atoms with Crippen molar-refractivity contribution in [2.24, 2.45) is 0 Å². The molecule has 0 unspecified atom stereocenters. The zero-order valence-corrected chi connectivity index (χ0v) is 18.9. The fourth-order valence-electron chi connectivity index (χ4n) is 4.05. The first-order valence-electron chi connectivity index (χ1n) is 10.6. The predicted molar refractivity (Wildman–Crippen MR) is 123 cm³/mol. The summed E-state index contributed by atoms with van der Waals surface area (Å²) < 4.78 is 42.5. The van der Waals surface area contributed by atoms with Crippen LogP contribution < -0.4 is 5.32 Å². The third-order valence-corrected chi connectivity index (χ3v) is 7.74. The van der Waals surface area contributed by atoms with Gasteiger partial charge in [-0.3, -0.25) is 4.79 Å². The van der Waals surface area contributed by atoms with Gasteiger partial charge in [-0.1, -0.05) is 49.4 Å². The molecule has 4 rings (SSSR count). The van der Waals surface area contributed by atoms with Crippen LogP contribution in [0.15, 0.2) is 65.6 Å². The van der Waals surface area contributed by atoms with E-state index in [4.69, 9.17) is 0 Å². The van der Waals surface area contributed by atoms with E-state index in [1.807, 2.05) is 56.3 Å². The largest absolute Gasteiger partial charge is 0.321 e. The van der Waals surface area contributed by atoms with E-state index in [0.717, 1.165) is 34.4 Å². The Kier molecular flexibility index (Phi) is 6.13. The Morgan fingerprint density at radius 1 is 1.06 bits per heavy atom. The van der Waals surface area contributed by atoms with E-state index >= 15 is 0 Å². The summed E-state index contributed by atoms with van der Waals surface area (Å²) in [4.78, 5) is 12.8. The van der Waals surface area contributed by atoms with Gasteiger partial charge in [0, 0.05) is 18.8 Å². The van der Waals surface area contributed by atoms with Crippen LogP contribution in [0.4, 0.5) is 10.1 Å². The second-order valence-electron chi connectivity index (χ2n) is 7.92. The lowest BCUT2D eigenvalue weighted by Crippen LogP contribution is -2.36. The number of fused-ring (bicyclic) bond motifs is 1. The molecule has 0 aromatic heterocycles. The van der Waals surface area contributed by atoms with Crippen LogP contribution in [-0.2, 0) is 29.4 Å². The van der Waals surface area contributed by atoms with Gasteiger partial charge in [-0.25, -0.2) is 12.8 Å². The van der Waals surface area contributed by atoms with Crippen molar-refractivity contribution in [1.29, 1.82) is 0 Å². The van der Waals surface area contributed by atoms with Crippen molar-refractivity contribution in [3.8, 4) is 0 Å². The fraction of sp³-hybridized carbons (Fsp3) is 0.240. The Morgan fingerprint density at radius 3 is 2.56 bits per heavy atom. The normalized spacial score (nSPS) is 14.1. The van der Waals surface area contributed by atoms with Crippen molar-refractivity contribution in [3.05, 3.63) is 94.3 Å². The van der Waals surface area contributed by atoms with Crippen LogP contribution in [0.2, 0.25) is 0 Å². The molecule has 1 aliphatic rings. The Hall–Kier alpha value is -3.03. The number of carbonyl (C=O) groups excluding carboxylic acids is 1. The first-order valence-corrected chi connectivity index (χ1v) is 12.0. The van der Waals surface area contributed by atoms with Gasteiger partial charge in [0.1, 0.15) is 5.82 Å². The molecule has 0 bridgehead atoms. The second-order valence-corrected chi connectivity index (χ2v) is 9.85. The van der Waals surface area contributed by atoms with E-state index in [0.29, 0.717) is 25.1 Å². The number of hydrogen-bond acceptors (Lipinski definition) is 3. The van der Waals surface area contributed by atoms with Gasteiger partial charge in [-0.15, -0.1) is 0 Å². The first-order chi connectivity index (χ1) is 15.3. The van der Waals surface area contributed by atoms with Crippen molar-refractivity contribution in [2.75, 3.05) is 11.9 Å². The van der Waals surface area contributed by atoms with Gasteiger partial charge in [0.05, 0.1) is 10.5 Å². The number of carbonyl (C=O) groups is 1. The Labute approximate surface area is 187 Å². The second kappa shape index (κ2) is 8.84. The molecule has 1 heterocycles. The third kappa shape index (κ3) is 4.18. The smallest absolute Gasteiger partial charge is 0.258 e. The molecule has 5 nitrogen and oxygen atoms in total. The van der Waals surface area contributed by atoms with Crippen LogP contribution >= 0.6 is 0 Å². The summed E-state index contributed by atoms with van der Waals surface area (Å²) in [5.74, 6) is -1.44. The van der Waals surface area contributed by atoms with E-state index in [-0.39, 0.29) is 17.0 Å². The quantitative estimate of drug-likeness (QED) is 0.610. The Balaban J connectivity index is 1.64. The van der Waals surface area contributed by atoms with E-state index in [9.17, 15) is 17.6 Å². The maximum Gasteiger partial charge on any atom is 0.258 e. The summed E-state index contributed by atoms with van der Waals surface area (Å²) in [7, 11) is -3.88. The minimum absolute atomic E-state index is 0.0936. The molecule has 32 heavy (non-hydrogen) atoms. The Bertz CT molecular complexity index is 1290. The minimum Gasteiger partial charge on any atom is -0.321 e. The molecule has 3 aromatic rings. The van der Waals surface area contributed by atoms with E-state index < -0.39 is 21.7 Å². The lowest BCUT2D eigenvalue weighted by atomic mass is 10.0. The van der Waals surface area contributed by atoms with Crippen LogP contribution in [0, 0.1) is 12.7 Å². The molecule has 0 aliphatic carbocycles. The van der Waals surface area contributed by atoms with Gasteiger partial charge >= 0.3 is 0 Å². The monoisotopic (exact) mass is 452 g/mol. The standard InChI is InChI=1S/C25H25FN2O3S/c1-3-18-10-6-7-17(2)24(18)27-25(29)22-15-21(11-12-23(22)26)32(30,31)28-14-13-19-8-4-5-9-20(19)16-28/h4-12,15H,3,13-14,16H2,1-2H3,(H,27,29). The SMILES string of the molecule is CCc1cccc(C)c1NC(=O)c1cc(S(=O)(=O)N2CCc3ccccc3C2)ccc1F. The van der Waals surface area contributed by atoms with E-state index in [2.05, 4.69) is 5.32 Å². The fourth-order valence-corrected chi connectivity index (χ4v) is 5.49. The summed E-state index contributed by atoms with van der Waals surface area (Å²) in [6.07, 6.45) is 1.31. The van der Waals surface area contributed by atoms with Crippen LogP contribution in [0.25, 0.3) is 0 Å². The van der Waals surface area contributed by atoms with Crippen LogP contribution in [0.3, 0.4) is 0 Å². The van der Waals surface area contributed by atoms with Crippen molar-refractivity contribution in [3.63, 3.8) is 0 Å². The van der Waals surface area contributed by atoms with Crippen LogP contribution in [0.1, 0.15) is 39.5 Å². The highest BCUT2D eigenvalue weighted by atomic mass is 32.2.